The molecule has 0 aromatic heterocycles. The highest BCUT2D eigenvalue weighted by molar-refractivity contribution is 7.47. The van der Waals surface area contributed by atoms with Crippen molar-refractivity contribution < 1.29 is 80.2 Å². The summed E-state index contributed by atoms with van der Waals surface area (Å²) in [4.78, 5) is 72.9. The number of aliphatic hydroxyl groups is 1. The van der Waals surface area contributed by atoms with Gasteiger partial charge in [0.25, 0.3) is 0 Å². The minimum Gasteiger partial charge on any atom is -0.462 e. The van der Waals surface area contributed by atoms with E-state index in [2.05, 4.69) is 34.6 Å². The Balaban J connectivity index is 5.22. The molecule has 0 heterocycles. The molecule has 0 saturated carbocycles. The largest absolute Gasteiger partial charge is 0.472 e. The Morgan fingerprint density at radius 2 is 0.469 bits per heavy atom. The lowest BCUT2D eigenvalue weighted by atomic mass is 10.0. The maximum absolute atomic E-state index is 13.1. The molecule has 0 aromatic carbocycles. The number of unbranched alkanes of at least 4 members (excludes halogenated alkanes) is 51. The van der Waals surface area contributed by atoms with E-state index in [-0.39, 0.29) is 25.7 Å². The molecule has 0 rings (SSSR count). The molecule has 19 heteroatoms. The zero-order valence-electron chi connectivity index (χ0n) is 63.9. The second kappa shape index (κ2) is 72.0. The second-order valence-electron chi connectivity index (χ2n) is 28.9. The van der Waals surface area contributed by atoms with E-state index < -0.39 is 97.5 Å². The van der Waals surface area contributed by atoms with Gasteiger partial charge in [-0.2, -0.15) is 0 Å². The zero-order valence-corrected chi connectivity index (χ0v) is 65.7. The Bertz CT molecular complexity index is 1870. The number of phosphoric ester groups is 2. The lowest BCUT2D eigenvalue weighted by molar-refractivity contribution is -0.161. The predicted molar refractivity (Wildman–Crippen MR) is 400 cm³/mol. The first-order valence-corrected chi connectivity index (χ1v) is 44.1. The van der Waals surface area contributed by atoms with Gasteiger partial charge in [-0.25, -0.2) is 9.13 Å². The molecule has 0 spiro atoms. The SMILES string of the molecule is CCCCCCCCCCCCCCCCCCCCCC(=O)O[C@H](COC(=O)CCCCCCCCCCCCCCCC(C)C)COP(=O)(O)OC[C@@H](O)COP(=O)(O)OC[C@@H](COC(=O)CCCCCCCCCCC)OC(=O)CCCCCCCCCCCCCCCC. The van der Waals surface area contributed by atoms with Gasteiger partial charge in [0.05, 0.1) is 26.4 Å². The van der Waals surface area contributed by atoms with E-state index in [1.807, 2.05) is 0 Å². The number of hydrogen-bond acceptors (Lipinski definition) is 15. The fraction of sp³-hybridized carbons (Fsp3) is 0.949. The van der Waals surface area contributed by atoms with Crippen LogP contribution in [0.2, 0.25) is 0 Å². The van der Waals surface area contributed by atoms with Crippen molar-refractivity contribution in [3.8, 4) is 0 Å². The lowest BCUT2D eigenvalue weighted by Crippen LogP contribution is -2.30. The van der Waals surface area contributed by atoms with Gasteiger partial charge >= 0.3 is 39.5 Å². The van der Waals surface area contributed by atoms with Crippen molar-refractivity contribution in [2.75, 3.05) is 39.6 Å². The van der Waals surface area contributed by atoms with Gasteiger partial charge < -0.3 is 33.8 Å². The number of hydrogen-bond donors (Lipinski definition) is 3. The number of carbonyl (C=O) groups is 4. The predicted octanol–water partition coefficient (Wildman–Crippen LogP) is 23.6. The average molecular weight is 1440 g/mol. The van der Waals surface area contributed by atoms with Gasteiger partial charge in [0, 0.05) is 25.7 Å². The number of rotatable bonds is 79. The molecule has 0 radical (unpaired) electrons. The van der Waals surface area contributed by atoms with Crippen LogP contribution >= 0.6 is 15.6 Å². The van der Waals surface area contributed by atoms with Gasteiger partial charge in [0.2, 0.25) is 0 Å². The number of esters is 4. The summed E-state index contributed by atoms with van der Waals surface area (Å²) >= 11 is 0. The van der Waals surface area contributed by atoms with Crippen LogP contribution in [0.4, 0.5) is 0 Å². The summed E-state index contributed by atoms with van der Waals surface area (Å²) in [6.45, 7) is 7.32. The monoisotopic (exact) mass is 1440 g/mol. The van der Waals surface area contributed by atoms with Crippen LogP contribution in [0.15, 0.2) is 0 Å². The van der Waals surface area contributed by atoms with Crippen LogP contribution in [-0.2, 0) is 65.4 Å². The van der Waals surface area contributed by atoms with Crippen LogP contribution in [0.1, 0.15) is 420 Å². The summed E-state index contributed by atoms with van der Waals surface area (Å²) in [5.74, 6) is -1.32. The van der Waals surface area contributed by atoms with E-state index in [0.717, 1.165) is 95.8 Å². The van der Waals surface area contributed by atoms with Crippen molar-refractivity contribution in [2.24, 2.45) is 5.92 Å². The Labute approximate surface area is 600 Å². The number of phosphoric acid groups is 2. The third-order valence-electron chi connectivity index (χ3n) is 18.5. The van der Waals surface area contributed by atoms with Crippen LogP contribution in [0.3, 0.4) is 0 Å². The molecule has 5 atom stereocenters. The molecular weight excluding hydrogens is 1280 g/mol. The van der Waals surface area contributed by atoms with Gasteiger partial charge in [-0.05, 0) is 31.6 Å². The first kappa shape index (κ1) is 96.1. The molecule has 0 aromatic rings. The third-order valence-corrected chi connectivity index (χ3v) is 20.4. The molecule has 0 aliphatic rings. The minimum atomic E-state index is -4.96. The summed E-state index contributed by atoms with van der Waals surface area (Å²) in [6, 6.07) is 0. The summed E-state index contributed by atoms with van der Waals surface area (Å²) in [5.41, 5.74) is 0. The highest BCUT2D eigenvalue weighted by Crippen LogP contribution is 2.45. The summed E-state index contributed by atoms with van der Waals surface area (Å²) in [7, 11) is -9.91. The second-order valence-corrected chi connectivity index (χ2v) is 31.8. The van der Waals surface area contributed by atoms with E-state index in [1.165, 1.54) is 244 Å². The van der Waals surface area contributed by atoms with Crippen LogP contribution in [0, 0.1) is 5.92 Å². The average Bonchev–Trinajstić information content (AvgIpc) is 1.09. The molecule has 17 nitrogen and oxygen atoms in total. The minimum absolute atomic E-state index is 0.108. The van der Waals surface area contributed by atoms with Crippen molar-refractivity contribution in [1.29, 1.82) is 0 Å². The Kier molecular flexibility index (Phi) is 70.6. The van der Waals surface area contributed by atoms with Gasteiger partial charge in [-0.3, -0.25) is 37.3 Å². The van der Waals surface area contributed by atoms with Crippen molar-refractivity contribution in [2.45, 2.75) is 438 Å². The van der Waals surface area contributed by atoms with E-state index in [9.17, 15) is 43.2 Å². The lowest BCUT2D eigenvalue weighted by Gasteiger charge is -2.21. The summed E-state index contributed by atoms with van der Waals surface area (Å²) < 4.78 is 68.6. The number of aliphatic hydroxyl groups excluding tert-OH is 1. The highest BCUT2D eigenvalue weighted by Gasteiger charge is 2.30. The molecule has 0 bridgehead atoms. The van der Waals surface area contributed by atoms with Crippen LogP contribution in [0.5, 0.6) is 0 Å². The fourth-order valence-electron chi connectivity index (χ4n) is 12.2. The molecule has 0 fully saturated rings. The number of carbonyl (C=O) groups excluding carboxylic acids is 4. The van der Waals surface area contributed by atoms with E-state index in [1.54, 1.807) is 0 Å². The molecular formula is C79H154O17P2. The molecule has 0 saturated heterocycles. The molecule has 2 unspecified atom stereocenters. The number of ether oxygens (including phenoxy) is 4. The van der Waals surface area contributed by atoms with E-state index in [4.69, 9.17) is 37.0 Å². The van der Waals surface area contributed by atoms with Crippen molar-refractivity contribution >= 4 is 39.5 Å². The topological polar surface area (TPSA) is 237 Å². The highest BCUT2D eigenvalue weighted by atomic mass is 31.2. The van der Waals surface area contributed by atoms with Crippen LogP contribution < -0.4 is 0 Å². The fourth-order valence-corrected chi connectivity index (χ4v) is 13.8. The van der Waals surface area contributed by atoms with Crippen molar-refractivity contribution in [3.05, 3.63) is 0 Å². The van der Waals surface area contributed by atoms with Crippen LogP contribution in [-0.4, -0.2) is 96.7 Å². The van der Waals surface area contributed by atoms with Crippen molar-refractivity contribution in [1.82, 2.24) is 0 Å². The molecule has 98 heavy (non-hydrogen) atoms. The summed E-state index contributed by atoms with van der Waals surface area (Å²) in [5, 5.41) is 10.6. The van der Waals surface area contributed by atoms with Gasteiger partial charge in [0.1, 0.15) is 19.3 Å². The molecule has 0 amide bonds. The Morgan fingerprint density at radius 3 is 0.694 bits per heavy atom. The van der Waals surface area contributed by atoms with Crippen LogP contribution in [0.25, 0.3) is 0 Å². The van der Waals surface area contributed by atoms with Gasteiger partial charge in [0.15, 0.2) is 12.2 Å². The molecule has 582 valence electrons. The first-order chi connectivity index (χ1) is 47.5. The standard InChI is InChI=1S/C79H154O17P2/c1-6-9-12-15-18-21-23-25-27-28-29-30-31-35-40-45-50-55-60-65-79(84)96-75(69-90-77(82)63-58-53-48-43-38-36-32-33-37-42-46-51-56-61-72(4)5)71-94-98(87,88)92-67-73(80)66-91-97(85,86)93-70-74(68-89-76(81)62-57-52-47-41-20-17-14-11-8-3)95-78(83)64-59-54-49-44-39-34-26-24-22-19-16-13-10-7-2/h72-75,80H,6-71H2,1-5H3,(H,85,86)(H,87,88)/t73-,74+,75+/m0/s1. The normalized spacial score (nSPS) is 13.9. The quantitative estimate of drug-likeness (QED) is 0.0222. The van der Waals surface area contributed by atoms with E-state index >= 15 is 0 Å². The van der Waals surface area contributed by atoms with Gasteiger partial charge in [-0.15, -0.1) is 0 Å². The van der Waals surface area contributed by atoms with E-state index in [0.29, 0.717) is 25.7 Å². The Morgan fingerprint density at radius 1 is 0.276 bits per heavy atom. The molecule has 0 aliphatic heterocycles. The zero-order chi connectivity index (χ0) is 71.9. The maximum Gasteiger partial charge on any atom is 0.472 e. The third kappa shape index (κ3) is 72.4. The Hall–Kier alpha value is -1.94. The first-order valence-electron chi connectivity index (χ1n) is 41.1. The molecule has 0 aliphatic carbocycles. The molecule has 3 N–H and O–H groups in total. The summed E-state index contributed by atoms with van der Waals surface area (Å²) in [6.07, 6.45) is 62.4. The van der Waals surface area contributed by atoms with Crippen molar-refractivity contribution in [3.63, 3.8) is 0 Å². The van der Waals surface area contributed by atoms with Gasteiger partial charge in [-0.1, -0.05) is 369 Å². The maximum atomic E-state index is 13.1. The smallest absolute Gasteiger partial charge is 0.462 e.